The number of rotatable bonds is 7. The van der Waals surface area contributed by atoms with Crippen molar-refractivity contribution < 1.29 is 19.1 Å². The van der Waals surface area contributed by atoms with E-state index in [-0.39, 0.29) is 24.8 Å². The van der Waals surface area contributed by atoms with Gasteiger partial charge in [-0.1, -0.05) is 63.4 Å². The molecule has 2 fully saturated rings. The number of fused-ring (bicyclic) bond motifs is 1. The molecule has 6 rings (SSSR count). The van der Waals surface area contributed by atoms with Crippen molar-refractivity contribution in [3.8, 4) is 0 Å². The summed E-state index contributed by atoms with van der Waals surface area (Å²) in [4.78, 5) is 48.9. The first-order valence-electron chi connectivity index (χ1n) is 14.4. The highest BCUT2D eigenvalue weighted by Gasteiger charge is 2.60. The first-order chi connectivity index (χ1) is 21.2. The number of nitrogens with zero attached hydrogens (tertiary/aromatic N) is 2. The Morgan fingerprint density at radius 3 is 2.61 bits per heavy atom. The summed E-state index contributed by atoms with van der Waals surface area (Å²) >= 11 is 11.3. The lowest BCUT2D eigenvalue weighted by Gasteiger charge is -2.38. The molecule has 2 saturated heterocycles. The van der Waals surface area contributed by atoms with E-state index in [9.17, 15) is 14.4 Å². The smallest absolute Gasteiger partial charge is 0.407 e. The molecule has 4 aromatic rings. The predicted molar refractivity (Wildman–Crippen MR) is 176 cm³/mol. The minimum Gasteiger partial charge on any atom is -0.444 e. The van der Waals surface area contributed by atoms with Crippen LogP contribution >= 0.6 is 39.3 Å². The normalized spacial score (nSPS) is 21.7. The first-order valence-corrected chi connectivity index (χ1v) is 16.4. The summed E-state index contributed by atoms with van der Waals surface area (Å²) in [6.45, 7) is 3.04. The zero-order chi connectivity index (χ0) is 31.0. The number of halogens is 2. The number of amides is 3. The fourth-order valence-electron chi connectivity index (χ4n) is 6.18. The standard InChI is InChI=1S/C33H32BrClN4O4S/c1-20-3-10-25(11-4-20)44-33(31(41)38-14-13-24(19-38)43-32(42)36-2)16-29(40)39(18-21-5-7-22(34)8-6-21)30(33)27-17-37-28-15-23(35)9-12-26(27)28/h3-12,15,17,24,30,37H,13-14,16,18-19H2,1-2H3,(H,36,42). The number of ether oxygens (including phenoxy) is 1. The molecular formula is C33H32BrClN4O4S. The molecule has 1 aromatic heterocycles. The zero-order valence-electron chi connectivity index (χ0n) is 24.3. The van der Waals surface area contributed by atoms with Crippen LogP contribution in [0.25, 0.3) is 10.9 Å². The van der Waals surface area contributed by atoms with Gasteiger partial charge in [-0.25, -0.2) is 4.79 Å². The summed E-state index contributed by atoms with van der Waals surface area (Å²) in [6, 6.07) is 20.9. The van der Waals surface area contributed by atoms with Crippen LogP contribution in [0.1, 0.15) is 35.6 Å². The molecule has 44 heavy (non-hydrogen) atoms. The molecule has 3 atom stereocenters. The van der Waals surface area contributed by atoms with Gasteiger partial charge >= 0.3 is 6.09 Å². The number of aromatic nitrogens is 1. The van der Waals surface area contributed by atoms with E-state index in [0.717, 1.165) is 37.0 Å². The van der Waals surface area contributed by atoms with Gasteiger partial charge in [0.05, 0.1) is 19.0 Å². The maximum Gasteiger partial charge on any atom is 0.407 e. The second-order valence-corrected chi connectivity index (χ2v) is 14.0. The van der Waals surface area contributed by atoms with Gasteiger partial charge in [0.25, 0.3) is 0 Å². The van der Waals surface area contributed by atoms with Crippen LogP contribution in [0.2, 0.25) is 5.02 Å². The number of thioether (sulfide) groups is 1. The topological polar surface area (TPSA) is 94.7 Å². The number of hydrogen-bond donors (Lipinski definition) is 2. The Balaban J connectivity index is 1.48. The Kier molecular flexibility index (Phi) is 8.68. The third-order valence-electron chi connectivity index (χ3n) is 8.32. The van der Waals surface area contributed by atoms with Gasteiger partial charge in [-0.15, -0.1) is 11.8 Å². The number of hydrogen-bond acceptors (Lipinski definition) is 5. The fraction of sp³-hybridized carbons (Fsp3) is 0.303. The van der Waals surface area contributed by atoms with Gasteiger partial charge in [-0.3, -0.25) is 9.59 Å². The molecule has 11 heteroatoms. The van der Waals surface area contributed by atoms with Gasteiger partial charge < -0.3 is 24.8 Å². The Morgan fingerprint density at radius 1 is 1.14 bits per heavy atom. The van der Waals surface area contributed by atoms with Gasteiger partial charge in [-0.05, 0) is 48.9 Å². The van der Waals surface area contributed by atoms with Gasteiger partial charge in [0, 0.05) is 63.6 Å². The summed E-state index contributed by atoms with van der Waals surface area (Å²) < 4.78 is 5.27. The number of aryl methyl sites for hydroxylation is 1. The minimum absolute atomic E-state index is 0.0172. The van der Waals surface area contributed by atoms with Gasteiger partial charge in [0.1, 0.15) is 10.9 Å². The highest BCUT2D eigenvalue weighted by Crippen LogP contribution is 2.55. The summed E-state index contributed by atoms with van der Waals surface area (Å²) in [7, 11) is 1.51. The van der Waals surface area contributed by atoms with Gasteiger partial charge in [0.2, 0.25) is 11.8 Å². The van der Waals surface area contributed by atoms with Crippen molar-refractivity contribution in [1.82, 2.24) is 20.1 Å². The highest BCUT2D eigenvalue weighted by atomic mass is 79.9. The van der Waals surface area contributed by atoms with Crippen molar-refractivity contribution in [3.05, 3.63) is 99.1 Å². The van der Waals surface area contributed by atoms with E-state index in [1.165, 1.54) is 18.8 Å². The van der Waals surface area contributed by atoms with E-state index in [4.69, 9.17) is 16.3 Å². The number of carbonyl (C=O) groups excluding carboxylic acids is 3. The molecule has 0 bridgehead atoms. The molecule has 3 unspecified atom stereocenters. The minimum atomic E-state index is -1.20. The lowest BCUT2D eigenvalue weighted by molar-refractivity contribution is -0.134. The Morgan fingerprint density at radius 2 is 1.89 bits per heavy atom. The third-order valence-corrected chi connectivity index (χ3v) is 10.5. The van der Waals surface area contributed by atoms with Crippen LogP contribution in [0.3, 0.4) is 0 Å². The molecule has 0 spiro atoms. The number of nitrogens with one attached hydrogen (secondary N) is 2. The summed E-state index contributed by atoms with van der Waals surface area (Å²) in [5.41, 5.74) is 3.74. The zero-order valence-corrected chi connectivity index (χ0v) is 27.5. The molecule has 0 radical (unpaired) electrons. The van der Waals surface area contributed by atoms with E-state index in [0.29, 0.717) is 24.5 Å². The van der Waals surface area contributed by atoms with Crippen LogP contribution < -0.4 is 5.32 Å². The molecule has 3 heterocycles. The largest absolute Gasteiger partial charge is 0.444 e. The molecule has 3 amide bonds. The Hall–Kier alpha value is -3.47. The van der Waals surface area contributed by atoms with Crippen LogP contribution in [-0.4, -0.2) is 63.7 Å². The van der Waals surface area contributed by atoms with Crippen molar-refractivity contribution >= 4 is 68.1 Å². The van der Waals surface area contributed by atoms with Crippen LogP contribution in [0.15, 0.2) is 82.3 Å². The van der Waals surface area contributed by atoms with Crippen molar-refractivity contribution in [2.75, 3.05) is 20.1 Å². The number of alkyl carbamates (subject to hydrolysis) is 1. The highest BCUT2D eigenvalue weighted by molar-refractivity contribution is 9.10. The summed E-state index contributed by atoms with van der Waals surface area (Å²) in [5.74, 6) is -0.252. The van der Waals surface area contributed by atoms with Crippen LogP contribution in [0, 0.1) is 6.92 Å². The number of carbonyl (C=O) groups is 3. The second-order valence-electron chi connectivity index (χ2n) is 11.3. The molecular weight excluding hydrogens is 664 g/mol. The molecule has 2 aliphatic heterocycles. The van der Waals surface area contributed by atoms with Crippen molar-refractivity contribution in [2.45, 2.75) is 48.1 Å². The maximum atomic E-state index is 15.0. The lowest BCUT2D eigenvalue weighted by atomic mass is 9.90. The van der Waals surface area contributed by atoms with Crippen molar-refractivity contribution in [1.29, 1.82) is 0 Å². The third kappa shape index (κ3) is 5.95. The molecule has 2 N–H and O–H groups in total. The molecule has 8 nitrogen and oxygen atoms in total. The number of likely N-dealkylation sites (tertiary alicyclic amines) is 2. The van der Waals surface area contributed by atoms with Crippen molar-refractivity contribution in [2.24, 2.45) is 0 Å². The average Bonchev–Trinajstić information content (AvgIpc) is 3.71. The predicted octanol–water partition coefficient (Wildman–Crippen LogP) is 6.85. The van der Waals surface area contributed by atoms with E-state index in [2.05, 4.69) is 26.2 Å². The van der Waals surface area contributed by atoms with E-state index in [1.54, 1.807) is 4.90 Å². The molecule has 0 saturated carbocycles. The number of H-pyrrole nitrogens is 1. The number of aromatic amines is 1. The molecule has 0 aliphatic carbocycles. The molecule has 228 valence electrons. The lowest BCUT2D eigenvalue weighted by Crippen LogP contribution is -2.49. The molecule has 3 aromatic carbocycles. The first kappa shape index (κ1) is 30.6. The average molecular weight is 696 g/mol. The summed E-state index contributed by atoms with van der Waals surface area (Å²) in [5, 5.41) is 3.98. The monoisotopic (exact) mass is 694 g/mol. The SMILES string of the molecule is CNC(=O)OC1CCN(C(=O)C2(Sc3ccc(C)cc3)CC(=O)N(Cc3ccc(Br)cc3)C2c2c[nH]c3cc(Cl)ccc23)C1. The fourth-order valence-corrected chi connectivity index (χ4v) is 8.09. The van der Waals surface area contributed by atoms with Crippen LogP contribution in [-0.2, 0) is 20.9 Å². The van der Waals surface area contributed by atoms with Crippen LogP contribution in [0.4, 0.5) is 4.79 Å². The van der Waals surface area contributed by atoms with Crippen LogP contribution in [0.5, 0.6) is 0 Å². The van der Waals surface area contributed by atoms with Gasteiger partial charge in [0.15, 0.2) is 0 Å². The second kappa shape index (κ2) is 12.5. The maximum absolute atomic E-state index is 15.0. The quantitative estimate of drug-likeness (QED) is 0.221. The Labute approximate surface area is 273 Å². The summed E-state index contributed by atoms with van der Waals surface area (Å²) in [6.07, 6.45) is 1.49. The van der Waals surface area contributed by atoms with E-state index in [1.807, 2.05) is 84.8 Å². The van der Waals surface area contributed by atoms with E-state index < -0.39 is 23.0 Å². The van der Waals surface area contributed by atoms with E-state index >= 15 is 0 Å². The Bertz CT molecular complexity index is 1710. The van der Waals surface area contributed by atoms with Crippen molar-refractivity contribution in [3.63, 3.8) is 0 Å². The molecule has 2 aliphatic rings. The van der Waals surface area contributed by atoms with Gasteiger partial charge in [-0.2, -0.15) is 0 Å². The number of benzene rings is 3.